The topological polar surface area (TPSA) is 96.5 Å². The second-order valence-corrected chi connectivity index (χ2v) is 9.15. The quantitative estimate of drug-likeness (QED) is 0.493. The Morgan fingerprint density at radius 2 is 1.71 bits per heavy atom. The highest BCUT2D eigenvalue weighted by molar-refractivity contribution is 5.91. The summed E-state index contributed by atoms with van der Waals surface area (Å²) >= 11 is 0. The summed E-state index contributed by atoms with van der Waals surface area (Å²) in [6, 6.07) is 17.9. The number of piperidine rings is 1. The van der Waals surface area contributed by atoms with Crippen molar-refractivity contribution in [3.8, 4) is 11.1 Å². The Morgan fingerprint density at radius 3 is 2.40 bits per heavy atom. The second kappa shape index (κ2) is 8.99. The minimum Gasteiger partial charge on any atom is -0.388 e. The molecule has 1 aliphatic rings. The van der Waals surface area contributed by atoms with E-state index in [2.05, 4.69) is 22.2 Å². The molecule has 0 radical (unpaired) electrons. The number of aromatic nitrogens is 4. The SMILES string of the molecule is CN(C(=O)N1CCC(O)(Cn2cnc3c(cnn3C)c2=O)CC1)c1ccc(-c2ccccc2)cc1. The van der Waals surface area contributed by atoms with Gasteiger partial charge in [0, 0.05) is 32.9 Å². The molecule has 5 rings (SSSR count). The number of benzene rings is 2. The van der Waals surface area contributed by atoms with E-state index in [0.717, 1.165) is 16.8 Å². The van der Waals surface area contributed by atoms with Gasteiger partial charge in [-0.2, -0.15) is 5.10 Å². The van der Waals surface area contributed by atoms with Gasteiger partial charge in [0.2, 0.25) is 0 Å². The minimum absolute atomic E-state index is 0.116. The molecule has 9 heteroatoms. The summed E-state index contributed by atoms with van der Waals surface area (Å²) in [5, 5.41) is 15.7. The third-order valence-corrected chi connectivity index (χ3v) is 6.80. The number of carbonyl (C=O) groups excluding carboxylic acids is 1. The second-order valence-electron chi connectivity index (χ2n) is 9.15. The predicted octanol–water partition coefficient (Wildman–Crippen LogP) is 2.88. The highest BCUT2D eigenvalue weighted by Crippen LogP contribution is 2.27. The molecule has 0 aliphatic carbocycles. The van der Waals surface area contributed by atoms with Crippen LogP contribution in [0.25, 0.3) is 22.2 Å². The average Bonchev–Trinajstić information content (AvgIpc) is 3.27. The van der Waals surface area contributed by atoms with Crippen molar-refractivity contribution in [1.29, 1.82) is 0 Å². The zero-order valence-electron chi connectivity index (χ0n) is 19.8. The lowest BCUT2D eigenvalue weighted by molar-refractivity contribution is -0.0259. The maximum Gasteiger partial charge on any atom is 0.324 e. The number of aliphatic hydroxyl groups is 1. The summed E-state index contributed by atoms with van der Waals surface area (Å²) in [5.41, 5.74) is 2.21. The van der Waals surface area contributed by atoms with Gasteiger partial charge in [0.05, 0.1) is 18.3 Å². The third kappa shape index (κ3) is 4.42. The molecule has 1 N–H and O–H groups in total. The number of urea groups is 1. The number of nitrogens with zero attached hydrogens (tertiary/aromatic N) is 6. The van der Waals surface area contributed by atoms with Crippen molar-refractivity contribution in [2.24, 2.45) is 7.05 Å². The van der Waals surface area contributed by atoms with E-state index in [0.29, 0.717) is 37.0 Å². The van der Waals surface area contributed by atoms with Crippen LogP contribution in [0.5, 0.6) is 0 Å². The summed E-state index contributed by atoms with van der Waals surface area (Å²) in [6.45, 7) is 0.931. The van der Waals surface area contributed by atoms with Gasteiger partial charge in [0.1, 0.15) is 11.7 Å². The molecule has 0 saturated carbocycles. The summed E-state index contributed by atoms with van der Waals surface area (Å²) in [7, 11) is 3.49. The molecule has 2 amide bonds. The lowest BCUT2D eigenvalue weighted by Crippen LogP contribution is -2.52. The Kier molecular flexibility index (Phi) is 5.86. The van der Waals surface area contributed by atoms with Crippen LogP contribution in [-0.2, 0) is 13.6 Å². The summed E-state index contributed by atoms with van der Waals surface area (Å²) in [5.74, 6) is 0. The van der Waals surface area contributed by atoms with Crippen LogP contribution in [0.3, 0.4) is 0 Å². The first-order chi connectivity index (χ1) is 16.8. The molecule has 0 atom stereocenters. The number of rotatable bonds is 4. The van der Waals surface area contributed by atoms with Gasteiger partial charge >= 0.3 is 6.03 Å². The summed E-state index contributed by atoms with van der Waals surface area (Å²) < 4.78 is 2.98. The molecule has 3 heterocycles. The van der Waals surface area contributed by atoms with Gasteiger partial charge < -0.3 is 10.0 Å². The van der Waals surface area contributed by atoms with Crippen molar-refractivity contribution < 1.29 is 9.90 Å². The number of hydrogen-bond acceptors (Lipinski definition) is 5. The Labute approximate surface area is 202 Å². The molecule has 2 aromatic heterocycles. The smallest absolute Gasteiger partial charge is 0.324 e. The van der Waals surface area contributed by atoms with Gasteiger partial charge in [0.25, 0.3) is 5.56 Å². The fraction of sp³-hybridized carbons (Fsp3) is 0.308. The summed E-state index contributed by atoms with van der Waals surface area (Å²) in [4.78, 5) is 33.6. The fourth-order valence-electron chi connectivity index (χ4n) is 4.60. The van der Waals surface area contributed by atoms with Crippen LogP contribution in [0.15, 0.2) is 71.9 Å². The van der Waals surface area contributed by atoms with E-state index in [1.54, 1.807) is 28.6 Å². The van der Waals surface area contributed by atoms with Crippen LogP contribution in [0.2, 0.25) is 0 Å². The molecular formula is C26H28N6O3. The molecule has 0 bridgehead atoms. The molecule has 9 nitrogen and oxygen atoms in total. The first kappa shape index (κ1) is 22.8. The van der Waals surface area contributed by atoms with Crippen molar-refractivity contribution in [2.45, 2.75) is 25.0 Å². The highest BCUT2D eigenvalue weighted by Gasteiger charge is 2.35. The minimum atomic E-state index is -1.09. The van der Waals surface area contributed by atoms with Crippen molar-refractivity contribution in [3.05, 3.63) is 77.5 Å². The van der Waals surface area contributed by atoms with E-state index < -0.39 is 5.60 Å². The monoisotopic (exact) mass is 472 g/mol. The predicted molar refractivity (Wildman–Crippen MR) is 134 cm³/mol. The van der Waals surface area contributed by atoms with E-state index in [9.17, 15) is 14.7 Å². The number of aryl methyl sites for hydroxylation is 1. The molecule has 1 saturated heterocycles. The highest BCUT2D eigenvalue weighted by atomic mass is 16.3. The molecule has 4 aromatic rings. The number of amides is 2. The number of anilines is 1. The Balaban J connectivity index is 1.23. The zero-order valence-corrected chi connectivity index (χ0v) is 19.8. The van der Waals surface area contributed by atoms with Gasteiger partial charge in [-0.05, 0) is 36.1 Å². The van der Waals surface area contributed by atoms with E-state index in [1.807, 2.05) is 42.5 Å². The van der Waals surface area contributed by atoms with E-state index >= 15 is 0 Å². The molecule has 180 valence electrons. The molecule has 0 spiro atoms. The normalized spacial score (nSPS) is 15.3. The third-order valence-electron chi connectivity index (χ3n) is 6.80. The van der Waals surface area contributed by atoms with Gasteiger partial charge in [-0.15, -0.1) is 0 Å². The maximum atomic E-state index is 13.1. The van der Waals surface area contributed by atoms with Crippen LogP contribution in [0.4, 0.5) is 10.5 Å². The first-order valence-electron chi connectivity index (χ1n) is 11.6. The van der Waals surface area contributed by atoms with Crippen LogP contribution in [0, 0.1) is 0 Å². The lowest BCUT2D eigenvalue weighted by atomic mass is 9.91. The molecule has 1 fully saturated rings. The van der Waals surface area contributed by atoms with Crippen LogP contribution >= 0.6 is 0 Å². The summed E-state index contributed by atoms with van der Waals surface area (Å²) in [6.07, 6.45) is 3.69. The number of fused-ring (bicyclic) bond motifs is 1. The largest absolute Gasteiger partial charge is 0.388 e. The Morgan fingerprint density at radius 1 is 1.06 bits per heavy atom. The first-order valence-corrected chi connectivity index (χ1v) is 11.6. The number of likely N-dealkylation sites (tertiary alicyclic amines) is 1. The van der Waals surface area contributed by atoms with Gasteiger partial charge in [-0.1, -0.05) is 42.5 Å². The molecule has 1 aliphatic heterocycles. The van der Waals surface area contributed by atoms with Crippen molar-refractivity contribution in [3.63, 3.8) is 0 Å². The zero-order chi connectivity index (χ0) is 24.6. The average molecular weight is 473 g/mol. The maximum absolute atomic E-state index is 13.1. The molecular weight excluding hydrogens is 444 g/mol. The Bertz CT molecular complexity index is 1400. The lowest BCUT2D eigenvalue weighted by Gasteiger charge is -2.39. The standard InChI is InChI=1S/C26H28N6O3/c1-29(21-10-8-20(9-11-21)19-6-4-3-5-7-19)25(34)31-14-12-26(35,13-15-31)17-32-18-27-23-22(24(32)33)16-28-30(23)2/h3-11,16,18,35H,12-15,17H2,1-2H3. The van der Waals surface area contributed by atoms with Crippen LogP contribution in [-0.4, -0.2) is 61.1 Å². The fourth-order valence-corrected chi connectivity index (χ4v) is 4.60. The van der Waals surface area contributed by atoms with Gasteiger partial charge in [-0.3, -0.25) is 18.9 Å². The molecule has 35 heavy (non-hydrogen) atoms. The van der Waals surface area contributed by atoms with Gasteiger partial charge in [0.15, 0.2) is 5.65 Å². The van der Waals surface area contributed by atoms with E-state index in [-0.39, 0.29) is 18.1 Å². The van der Waals surface area contributed by atoms with Crippen LogP contribution in [0.1, 0.15) is 12.8 Å². The van der Waals surface area contributed by atoms with Crippen LogP contribution < -0.4 is 10.5 Å². The van der Waals surface area contributed by atoms with Gasteiger partial charge in [-0.25, -0.2) is 9.78 Å². The number of carbonyl (C=O) groups is 1. The van der Waals surface area contributed by atoms with Crippen molar-refractivity contribution in [1.82, 2.24) is 24.2 Å². The Hall–Kier alpha value is -3.98. The number of hydrogen-bond donors (Lipinski definition) is 1. The van der Waals surface area contributed by atoms with E-state index in [4.69, 9.17) is 0 Å². The molecule has 2 aromatic carbocycles. The van der Waals surface area contributed by atoms with Crippen molar-refractivity contribution in [2.75, 3.05) is 25.0 Å². The van der Waals surface area contributed by atoms with E-state index in [1.165, 1.54) is 17.1 Å². The van der Waals surface area contributed by atoms with Crippen molar-refractivity contribution >= 4 is 22.8 Å². The molecule has 0 unspecified atom stereocenters.